The average molecular weight is 374 g/mol. The van der Waals surface area contributed by atoms with Crippen LogP contribution in [0.15, 0.2) is 48.7 Å². The molecule has 0 bridgehead atoms. The SMILES string of the molecule is Cl.c1ccc(COc2ccccc2CN2CCC3(CCNCC3)C2)nc1. The maximum atomic E-state index is 6.07. The summed E-state index contributed by atoms with van der Waals surface area (Å²) in [5.41, 5.74) is 2.80. The highest BCUT2D eigenvalue weighted by atomic mass is 35.5. The van der Waals surface area contributed by atoms with Crippen molar-refractivity contribution < 1.29 is 4.74 Å². The molecule has 2 saturated heterocycles. The summed E-state index contributed by atoms with van der Waals surface area (Å²) in [4.78, 5) is 6.95. The Morgan fingerprint density at radius 1 is 1.04 bits per heavy atom. The van der Waals surface area contributed by atoms with Crippen LogP contribution in [-0.4, -0.2) is 36.1 Å². The van der Waals surface area contributed by atoms with Crippen LogP contribution in [0.3, 0.4) is 0 Å². The minimum Gasteiger partial charge on any atom is -0.487 e. The molecule has 0 amide bonds. The third kappa shape index (κ3) is 4.56. The number of hydrogen-bond donors (Lipinski definition) is 1. The molecule has 1 N–H and O–H groups in total. The fraction of sp³-hybridized carbons (Fsp3) is 0.476. The van der Waals surface area contributed by atoms with E-state index in [9.17, 15) is 0 Å². The zero-order valence-electron chi connectivity index (χ0n) is 15.2. The van der Waals surface area contributed by atoms with E-state index in [2.05, 4.69) is 39.5 Å². The Morgan fingerprint density at radius 2 is 1.85 bits per heavy atom. The van der Waals surface area contributed by atoms with E-state index in [4.69, 9.17) is 4.74 Å². The lowest BCUT2D eigenvalue weighted by atomic mass is 9.78. The van der Waals surface area contributed by atoms with Gasteiger partial charge in [-0.2, -0.15) is 0 Å². The van der Waals surface area contributed by atoms with Crippen LogP contribution in [0.25, 0.3) is 0 Å². The van der Waals surface area contributed by atoms with E-state index in [-0.39, 0.29) is 12.4 Å². The lowest BCUT2D eigenvalue weighted by Gasteiger charge is -2.34. The van der Waals surface area contributed by atoms with Crippen molar-refractivity contribution >= 4 is 12.4 Å². The van der Waals surface area contributed by atoms with Crippen molar-refractivity contribution in [1.29, 1.82) is 0 Å². The summed E-state index contributed by atoms with van der Waals surface area (Å²) >= 11 is 0. The molecular weight excluding hydrogens is 346 g/mol. The van der Waals surface area contributed by atoms with Crippen LogP contribution in [0.1, 0.15) is 30.5 Å². The highest BCUT2D eigenvalue weighted by Gasteiger charge is 2.38. The summed E-state index contributed by atoms with van der Waals surface area (Å²) in [5.74, 6) is 0.986. The first kappa shape index (κ1) is 19.2. The number of aromatic nitrogens is 1. The molecule has 2 fully saturated rings. The minimum absolute atomic E-state index is 0. The summed E-state index contributed by atoms with van der Waals surface area (Å²) in [7, 11) is 0. The summed E-state index contributed by atoms with van der Waals surface area (Å²) in [6.07, 6.45) is 5.79. The number of piperidine rings is 1. The second-order valence-corrected chi connectivity index (χ2v) is 7.43. The maximum Gasteiger partial charge on any atom is 0.130 e. The van der Waals surface area contributed by atoms with Gasteiger partial charge in [0.2, 0.25) is 0 Å². The first-order valence-electron chi connectivity index (χ1n) is 9.37. The minimum atomic E-state index is 0. The highest BCUT2D eigenvalue weighted by Crippen LogP contribution is 2.39. The summed E-state index contributed by atoms with van der Waals surface area (Å²) in [6.45, 7) is 6.29. The van der Waals surface area contributed by atoms with Gasteiger partial charge in [-0.1, -0.05) is 24.3 Å². The van der Waals surface area contributed by atoms with Crippen molar-refractivity contribution in [3.8, 4) is 5.75 Å². The predicted molar refractivity (Wildman–Crippen MR) is 107 cm³/mol. The molecule has 1 spiro atoms. The number of nitrogens with zero attached hydrogens (tertiary/aromatic N) is 2. The van der Waals surface area contributed by atoms with E-state index in [0.717, 1.165) is 18.0 Å². The van der Waals surface area contributed by atoms with E-state index < -0.39 is 0 Å². The molecule has 1 aromatic carbocycles. The standard InChI is InChI=1S/C21H27N3O.ClH/c1-2-7-20(25-16-19-6-3-4-11-23-19)18(5-1)15-24-14-10-21(17-24)8-12-22-13-9-21;/h1-7,11,22H,8-10,12-17H2;1H. The molecule has 4 nitrogen and oxygen atoms in total. The van der Waals surface area contributed by atoms with Crippen molar-refractivity contribution in [3.63, 3.8) is 0 Å². The number of benzene rings is 1. The van der Waals surface area contributed by atoms with Gasteiger partial charge < -0.3 is 10.1 Å². The van der Waals surface area contributed by atoms with E-state index >= 15 is 0 Å². The fourth-order valence-electron chi connectivity index (χ4n) is 4.18. The van der Waals surface area contributed by atoms with Crippen molar-refractivity contribution in [3.05, 3.63) is 59.9 Å². The van der Waals surface area contributed by atoms with Gasteiger partial charge in [-0.3, -0.25) is 9.88 Å². The van der Waals surface area contributed by atoms with Gasteiger partial charge in [-0.15, -0.1) is 12.4 Å². The molecule has 0 saturated carbocycles. The average Bonchev–Trinajstić information content (AvgIpc) is 3.04. The van der Waals surface area contributed by atoms with Gasteiger partial charge >= 0.3 is 0 Å². The lowest BCUT2D eigenvalue weighted by molar-refractivity contribution is 0.192. The number of halogens is 1. The van der Waals surface area contributed by atoms with E-state index in [0.29, 0.717) is 12.0 Å². The first-order chi connectivity index (χ1) is 12.3. The third-order valence-corrected chi connectivity index (χ3v) is 5.65. The largest absolute Gasteiger partial charge is 0.487 e. The fourth-order valence-corrected chi connectivity index (χ4v) is 4.18. The van der Waals surface area contributed by atoms with Crippen molar-refractivity contribution in [2.75, 3.05) is 26.2 Å². The Balaban J connectivity index is 0.00000196. The van der Waals surface area contributed by atoms with Crippen LogP contribution in [0, 0.1) is 5.41 Å². The summed E-state index contributed by atoms with van der Waals surface area (Å²) < 4.78 is 6.07. The zero-order chi connectivity index (χ0) is 17.0. The molecule has 2 aromatic rings. The summed E-state index contributed by atoms with van der Waals surface area (Å²) in [5, 5.41) is 3.50. The molecule has 5 heteroatoms. The van der Waals surface area contributed by atoms with Crippen LogP contribution in [0.5, 0.6) is 5.75 Å². The van der Waals surface area contributed by atoms with Crippen LogP contribution >= 0.6 is 12.4 Å². The van der Waals surface area contributed by atoms with Gasteiger partial charge in [-0.05, 0) is 62.5 Å². The van der Waals surface area contributed by atoms with Crippen molar-refractivity contribution in [2.45, 2.75) is 32.4 Å². The quantitative estimate of drug-likeness (QED) is 0.867. The van der Waals surface area contributed by atoms with Crippen molar-refractivity contribution in [1.82, 2.24) is 15.2 Å². The van der Waals surface area contributed by atoms with Crippen LogP contribution in [0.4, 0.5) is 0 Å². The zero-order valence-corrected chi connectivity index (χ0v) is 16.0. The van der Waals surface area contributed by atoms with E-state index in [1.165, 1.54) is 51.0 Å². The predicted octanol–water partition coefficient (Wildman–Crippen LogP) is 3.66. The molecule has 0 atom stereocenters. The number of likely N-dealkylation sites (tertiary alicyclic amines) is 1. The molecule has 2 aliphatic heterocycles. The molecule has 26 heavy (non-hydrogen) atoms. The maximum absolute atomic E-state index is 6.07. The number of rotatable bonds is 5. The van der Waals surface area contributed by atoms with Crippen LogP contribution < -0.4 is 10.1 Å². The van der Waals surface area contributed by atoms with Crippen LogP contribution in [-0.2, 0) is 13.2 Å². The number of pyridine rings is 1. The Labute approximate surface area is 162 Å². The number of hydrogen-bond acceptors (Lipinski definition) is 4. The molecule has 1 aromatic heterocycles. The van der Waals surface area contributed by atoms with Gasteiger partial charge in [0.05, 0.1) is 5.69 Å². The monoisotopic (exact) mass is 373 g/mol. The lowest BCUT2D eigenvalue weighted by Crippen LogP contribution is -2.38. The smallest absolute Gasteiger partial charge is 0.130 e. The topological polar surface area (TPSA) is 37.4 Å². The molecule has 0 radical (unpaired) electrons. The van der Waals surface area contributed by atoms with Gasteiger partial charge in [0.1, 0.15) is 12.4 Å². The highest BCUT2D eigenvalue weighted by molar-refractivity contribution is 5.85. The molecule has 4 rings (SSSR count). The molecular formula is C21H28ClN3O. The Hall–Kier alpha value is -1.62. The Kier molecular flexibility index (Phi) is 6.52. The Morgan fingerprint density at radius 3 is 2.65 bits per heavy atom. The third-order valence-electron chi connectivity index (χ3n) is 5.65. The van der Waals surface area contributed by atoms with E-state index in [1.54, 1.807) is 0 Å². The second kappa shape index (κ2) is 8.85. The van der Waals surface area contributed by atoms with E-state index in [1.807, 2.05) is 24.4 Å². The second-order valence-electron chi connectivity index (χ2n) is 7.43. The van der Waals surface area contributed by atoms with Gasteiger partial charge in [0, 0.05) is 24.8 Å². The van der Waals surface area contributed by atoms with Crippen molar-refractivity contribution in [2.24, 2.45) is 5.41 Å². The first-order valence-corrected chi connectivity index (χ1v) is 9.37. The molecule has 0 aliphatic carbocycles. The molecule has 0 unspecified atom stereocenters. The van der Waals surface area contributed by atoms with Gasteiger partial charge in [0.25, 0.3) is 0 Å². The molecule has 140 valence electrons. The normalized spacial score (nSPS) is 19.2. The number of para-hydroxylation sites is 1. The molecule has 2 aliphatic rings. The molecule has 3 heterocycles. The van der Waals surface area contributed by atoms with Crippen LogP contribution in [0.2, 0.25) is 0 Å². The number of nitrogens with one attached hydrogen (secondary N) is 1. The Bertz CT molecular complexity index is 689. The summed E-state index contributed by atoms with van der Waals surface area (Å²) in [6, 6.07) is 14.4. The van der Waals surface area contributed by atoms with Gasteiger partial charge in [-0.25, -0.2) is 0 Å². The van der Waals surface area contributed by atoms with Gasteiger partial charge in [0.15, 0.2) is 0 Å². The number of ether oxygens (including phenoxy) is 1.